The van der Waals surface area contributed by atoms with Crippen molar-refractivity contribution < 1.29 is 4.79 Å². The summed E-state index contributed by atoms with van der Waals surface area (Å²) in [6.07, 6.45) is 1.38. The molecule has 0 amide bonds. The second kappa shape index (κ2) is 4.72. The van der Waals surface area contributed by atoms with Crippen molar-refractivity contribution in [1.82, 2.24) is 0 Å². The lowest BCUT2D eigenvalue weighted by Crippen LogP contribution is -2.17. The molecule has 98 valence electrons. The van der Waals surface area contributed by atoms with Crippen LogP contribution >= 0.6 is 0 Å². The zero-order valence-electron chi connectivity index (χ0n) is 12.4. The van der Waals surface area contributed by atoms with Crippen molar-refractivity contribution >= 4 is 5.78 Å². The maximum absolute atomic E-state index is 11.9. The Labute approximate surface area is 111 Å². The number of allylic oxidation sites excluding steroid dienone is 1. The van der Waals surface area contributed by atoms with Crippen molar-refractivity contribution in [2.45, 2.75) is 52.4 Å². The quantitative estimate of drug-likeness (QED) is 0.546. The molecule has 0 N–H and O–H groups in total. The van der Waals surface area contributed by atoms with Gasteiger partial charge in [0.15, 0.2) is 5.78 Å². The van der Waals surface area contributed by atoms with Crippen LogP contribution in [0.2, 0.25) is 0 Å². The fourth-order valence-corrected chi connectivity index (χ4v) is 1.75. The zero-order valence-corrected chi connectivity index (χ0v) is 12.4. The van der Waals surface area contributed by atoms with E-state index in [0.29, 0.717) is 0 Å². The Balaban J connectivity index is 3.48. The van der Waals surface area contributed by atoms with E-state index >= 15 is 0 Å². The van der Waals surface area contributed by atoms with Crippen molar-refractivity contribution in [3.8, 4) is 0 Å². The van der Waals surface area contributed by atoms with Gasteiger partial charge in [-0.15, -0.1) is 0 Å². The molecule has 0 heterocycles. The monoisotopic (exact) mass is 244 g/mol. The van der Waals surface area contributed by atoms with E-state index in [4.69, 9.17) is 0 Å². The SMILES string of the molecule is C=CC(=O)c1cc(C(C)(C)C)cc(C(C)(C)C)c1. The molecule has 0 aliphatic heterocycles. The Kier molecular flexibility index (Phi) is 3.85. The summed E-state index contributed by atoms with van der Waals surface area (Å²) in [5.41, 5.74) is 3.21. The van der Waals surface area contributed by atoms with Gasteiger partial charge in [-0.1, -0.05) is 54.2 Å². The third-order valence-corrected chi connectivity index (χ3v) is 3.13. The average Bonchev–Trinajstić information content (AvgIpc) is 2.25. The molecule has 1 nitrogen and oxygen atoms in total. The van der Waals surface area contributed by atoms with Crippen LogP contribution in [-0.2, 0) is 10.8 Å². The van der Waals surface area contributed by atoms with Gasteiger partial charge >= 0.3 is 0 Å². The van der Waals surface area contributed by atoms with Crippen molar-refractivity contribution in [3.05, 3.63) is 47.5 Å². The van der Waals surface area contributed by atoms with Crippen LogP contribution in [0.25, 0.3) is 0 Å². The molecule has 1 heteroatoms. The first-order valence-electron chi connectivity index (χ1n) is 6.38. The maximum Gasteiger partial charge on any atom is 0.185 e. The summed E-state index contributed by atoms with van der Waals surface area (Å²) >= 11 is 0. The number of benzene rings is 1. The van der Waals surface area contributed by atoms with Gasteiger partial charge in [0.25, 0.3) is 0 Å². The molecule has 1 aromatic rings. The Morgan fingerprint density at radius 3 is 1.61 bits per heavy atom. The first kappa shape index (κ1) is 14.7. The molecule has 0 saturated carbocycles. The van der Waals surface area contributed by atoms with Gasteiger partial charge in [-0.25, -0.2) is 0 Å². The molecule has 0 spiro atoms. The van der Waals surface area contributed by atoms with E-state index in [1.54, 1.807) is 0 Å². The summed E-state index contributed by atoms with van der Waals surface area (Å²) in [4.78, 5) is 11.9. The van der Waals surface area contributed by atoms with Crippen LogP contribution in [0.5, 0.6) is 0 Å². The lowest BCUT2D eigenvalue weighted by Gasteiger charge is -2.25. The number of ketones is 1. The summed E-state index contributed by atoms with van der Waals surface area (Å²) in [5.74, 6) is -0.00778. The molecule has 18 heavy (non-hydrogen) atoms. The molecule has 0 radical (unpaired) electrons. The lowest BCUT2D eigenvalue weighted by atomic mass is 9.79. The number of rotatable bonds is 2. The predicted molar refractivity (Wildman–Crippen MR) is 78.4 cm³/mol. The standard InChI is InChI=1S/C17H24O/c1-8-15(18)12-9-13(16(2,3)4)11-14(10-12)17(5,6)7/h8-11H,1H2,2-7H3. The molecular formula is C17H24O. The highest BCUT2D eigenvalue weighted by molar-refractivity contribution is 6.04. The van der Waals surface area contributed by atoms with Crippen LogP contribution in [0.15, 0.2) is 30.9 Å². The largest absolute Gasteiger partial charge is 0.289 e. The summed E-state index contributed by atoms with van der Waals surface area (Å²) in [5, 5.41) is 0. The van der Waals surface area contributed by atoms with Gasteiger partial charge in [-0.3, -0.25) is 4.79 Å². The van der Waals surface area contributed by atoms with Gasteiger partial charge in [-0.2, -0.15) is 0 Å². The Morgan fingerprint density at radius 1 is 0.944 bits per heavy atom. The lowest BCUT2D eigenvalue weighted by molar-refractivity contribution is 0.104. The second-order valence-electron chi connectivity index (χ2n) is 6.87. The maximum atomic E-state index is 11.9. The second-order valence-corrected chi connectivity index (χ2v) is 6.87. The minimum atomic E-state index is -0.00778. The van der Waals surface area contributed by atoms with Crippen molar-refractivity contribution in [3.63, 3.8) is 0 Å². The van der Waals surface area contributed by atoms with Gasteiger partial charge < -0.3 is 0 Å². The van der Waals surface area contributed by atoms with Crippen molar-refractivity contribution in [2.75, 3.05) is 0 Å². The molecule has 0 bridgehead atoms. The van der Waals surface area contributed by atoms with E-state index in [-0.39, 0.29) is 16.6 Å². The Hall–Kier alpha value is -1.37. The van der Waals surface area contributed by atoms with Gasteiger partial charge in [0.05, 0.1) is 0 Å². The molecule has 0 unspecified atom stereocenters. The zero-order chi connectivity index (χ0) is 14.1. The molecule has 0 aliphatic carbocycles. The smallest absolute Gasteiger partial charge is 0.185 e. The van der Waals surface area contributed by atoms with Crippen LogP contribution in [0.3, 0.4) is 0 Å². The van der Waals surface area contributed by atoms with E-state index in [0.717, 1.165) is 5.56 Å². The molecule has 0 saturated heterocycles. The average molecular weight is 244 g/mol. The minimum Gasteiger partial charge on any atom is -0.289 e. The van der Waals surface area contributed by atoms with Gasteiger partial charge in [0.1, 0.15) is 0 Å². The molecule has 0 atom stereocenters. The number of carbonyl (C=O) groups is 1. The molecule has 0 aliphatic rings. The molecule has 1 rings (SSSR count). The van der Waals surface area contributed by atoms with E-state index in [9.17, 15) is 4.79 Å². The van der Waals surface area contributed by atoms with Gasteiger partial charge in [0.2, 0.25) is 0 Å². The number of carbonyl (C=O) groups excluding carboxylic acids is 1. The molecule has 1 aromatic carbocycles. The van der Waals surface area contributed by atoms with Crippen LogP contribution in [-0.4, -0.2) is 5.78 Å². The molecule has 0 fully saturated rings. The van der Waals surface area contributed by atoms with Crippen LogP contribution < -0.4 is 0 Å². The highest BCUT2D eigenvalue weighted by Gasteiger charge is 2.21. The third-order valence-electron chi connectivity index (χ3n) is 3.13. The van der Waals surface area contributed by atoms with E-state index in [1.165, 1.54) is 17.2 Å². The van der Waals surface area contributed by atoms with Gasteiger partial charge in [-0.05, 0) is 40.2 Å². The fraction of sp³-hybridized carbons (Fsp3) is 0.471. The highest BCUT2D eigenvalue weighted by atomic mass is 16.1. The number of hydrogen-bond acceptors (Lipinski definition) is 1. The first-order chi connectivity index (χ1) is 8.05. The summed E-state index contributed by atoms with van der Waals surface area (Å²) < 4.78 is 0. The first-order valence-corrected chi connectivity index (χ1v) is 6.38. The highest BCUT2D eigenvalue weighted by Crippen LogP contribution is 2.30. The predicted octanol–water partition coefficient (Wildman–Crippen LogP) is 4.65. The fourth-order valence-electron chi connectivity index (χ4n) is 1.75. The van der Waals surface area contributed by atoms with Crippen LogP contribution in [0.4, 0.5) is 0 Å². The third kappa shape index (κ3) is 3.32. The van der Waals surface area contributed by atoms with E-state index in [2.05, 4.69) is 54.2 Å². The summed E-state index contributed by atoms with van der Waals surface area (Å²) in [6, 6.07) is 6.18. The van der Waals surface area contributed by atoms with E-state index in [1.807, 2.05) is 12.1 Å². The Morgan fingerprint density at radius 2 is 1.33 bits per heavy atom. The van der Waals surface area contributed by atoms with Crippen molar-refractivity contribution in [2.24, 2.45) is 0 Å². The Bertz CT molecular complexity index is 435. The minimum absolute atomic E-state index is 0.00778. The topological polar surface area (TPSA) is 17.1 Å². The summed E-state index contributed by atoms with van der Waals surface area (Å²) in [7, 11) is 0. The van der Waals surface area contributed by atoms with E-state index < -0.39 is 0 Å². The van der Waals surface area contributed by atoms with Crippen LogP contribution in [0, 0.1) is 0 Å². The summed E-state index contributed by atoms with van der Waals surface area (Å²) in [6.45, 7) is 16.6. The van der Waals surface area contributed by atoms with Crippen LogP contribution in [0.1, 0.15) is 63.0 Å². The van der Waals surface area contributed by atoms with Gasteiger partial charge in [0, 0.05) is 5.56 Å². The normalized spacial score (nSPS) is 12.3. The molecular weight excluding hydrogens is 220 g/mol. The van der Waals surface area contributed by atoms with Crippen molar-refractivity contribution in [1.29, 1.82) is 0 Å². The molecule has 0 aromatic heterocycles. The number of hydrogen-bond donors (Lipinski definition) is 0.